The third-order valence-electron chi connectivity index (χ3n) is 6.82. The van der Waals surface area contributed by atoms with Crippen LogP contribution in [0.4, 0.5) is 4.79 Å². The van der Waals surface area contributed by atoms with Gasteiger partial charge in [-0.2, -0.15) is 0 Å². The second kappa shape index (κ2) is 7.41. The number of rotatable bonds is 6. The number of hydrogen-bond acceptors (Lipinski definition) is 5. The minimum Gasteiger partial charge on any atom is -0.445 e. The first-order valence-corrected chi connectivity index (χ1v) is 9.89. The molecule has 0 radical (unpaired) electrons. The number of aliphatic hydroxyl groups excluding tert-OH is 1. The normalized spacial score (nSPS) is 35.0. The van der Waals surface area contributed by atoms with Gasteiger partial charge in [0.15, 0.2) is 6.29 Å². The monoisotopic (exact) mass is 375 g/mol. The van der Waals surface area contributed by atoms with Crippen LogP contribution in [0.15, 0.2) is 30.3 Å². The number of aliphatic hydroxyl groups is 1. The lowest BCUT2D eigenvalue weighted by atomic mass is 9.95. The molecule has 6 nitrogen and oxygen atoms in total. The smallest absolute Gasteiger partial charge is 0.410 e. The number of ether oxygens (including phenoxy) is 3. The zero-order chi connectivity index (χ0) is 18.9. The molecule has 3 fully saturated rings. The van der Waals surface area contributed by atoms with Gasteiger partial charge in [0.25, 0.3) is 0 Å². The Morgan fingerprint density at radius 2 is 2.15 bits per heavy atom. The Morgan fingerprint density at radius 1 is 1.33 bits per heavy atom. The molecule has 2 heterocycles. The molecule has 1 aliphatic carbocycles. The van der Waals surface area contributed by atoms with Crippen LogP contribution in [-0.2, 0) is 20.8 Å². The maximum atomic E-state index is 12.5. The van der Waals surface area contributed by atoms with Crippen molar-refractivity contribution >= 4 is 6.09 Å². The topological polar surface area (TPSA) is 68.2 Å². The molecular formula is C21H29NO5. The van der Waals surface area contributed by atoms with E-state index in [1.807, 2.05) is 30.3 Å². The van der Waals surface area contributed by atoms with Crippen LogP contribution in [-0.4, -0.2) is 55.3 Å². The zero-order valence-electron chi connectivity index (χ0n) is 15.9. The van der Waals surface area contributed by atoms with Gasteiger partial charge in [0, 0.05) is 37.1 Å². The van der Waals surface area contributed by atoms with E-state index >= 15 is 0 Å². The minimum atomic E-state index is -0.292. The first-order valence-electron chi connectivity index (χ1n) is 9.89. The molecule has 0 bridgehead atoms. The van der Waals surface area contributed by atoms with Crippen LogP contribution >= 0.6 is 0 Å². The third-order valence-corrected chi connectivity index (χ3v) is 6.82. The summed E-state index contributed by atoms with van der Waals surface area (Å²) in [4.78, 5) is 14.3. The summed E-state index contributed by atoms with van der Waals surface area (Å²) in [6.45, 7) is 4.92. The van der Waals surface area contributed by atoms with Gasteiger partial charge in [-0.1, -0.05) is 37.3 Å². The molecule has 0 aromatic heterocycles. The molecule has 1 N–H and O–H groups in total. The second-order valence-corrected chi connectivity index (χ2v) is 8.31. The molecule has 0 spiro atoms. The molecule has 27 heavy (non-hydrogen) atoms. The number of hydrogen-bond donors (Lipinski definition) is 1. The second-order valence-electron chi connectivity index (χ2n) is 8.31. The Balaban J connectivity index is 1.34. The fourth-order valence-corrected chi connectivity index (χ4v) is 4.86. The summed E-state index contributed by atoms with van der Waals surface area (Å²) in [5.41, 5.74) is 0.578. The third kappa shape index (κ3) is 3.35. The van der Waals surface area contributed by atoms with Gasteiger partial charge in [-0.3, -0.25) is 0 Å². The Morgan fingerprint density at radius 3 is 2.85 bits per heavy atom. The first-order chi connectivity index (χ1) is 13.1. The molecule has 2 aliphatic heterocycles. The highest BCUT2D eigenvalue weighted by Crippen LogP contribution is 2.72. The Bertz CT molecular complexity index is 662. The number of nitrogens with zero attached hydrogens (tertiary/aromatic N) is 1. The number of fused-ring (bicyclic) bond motifs is 1. The van der Waals surface area contributed by atoms with Crippen molar-refractivity contribution < 1.29 is 24.1 Å². The number of likely N-dealkylation sites (tertiary alicyclic amines) is 1. The lowest BCUT2D eigenvalue weighted by Crippen LogP contribution is -2.39. The van der Waals surface area contributed by atoms with Crippen LogP contribution in [0.3, 0.4) is 0 Å². The number of amides is 1. The highest BCUT2D eigenvalue weighted by Gasteiger charge is 2.77. The molecule has 6 heteroatoms. The molecule has 4 unspecified atom stereocenters. The fourth-order valence-electron chi connectivity index (χ4n) is 4.86. The molecule has 4 atom stereocenters. The fraction of sp³-hybridized carbons (Fsp3) is 0.667. The van der Waals surface area contributed by atoms with Gasteiger partial charge >= 0.3 is 6.09 Å². The van der Waals surface area contributed by atoms with Gasteiger partial charge in [-0.25, -0.2) is 4.79 Å². The summed E-state index contributed by atoms with van der Waals surface area (Å²) in [5, 5.41) is 9.93. The van der Waals surface area contributed by atoms with Crippen LogP contribution in [0.1, 0.15) is 31.7 Å². The van der Waals surface area contributed by atoms with Crippen molar-refractivity contribution in [3.05, 3.63) is 35.9 Å². The maximum absolute atomic E-state index is 12.5. The van der Waals surface area contributed by atoms with Crippen molar-refractivity contribution in [2.24, 2.45) is 16.7 Å². The van der Waals surface area contributed by atoms with Crippen molar-refractivity contribution in [3.8, 4) is 0 Å². The molecule has 3 aliphatic rings. The van der Waals surface area contributed by atoms with E-state index < -0.39 is 0 Å². The summed E-state index contributed by atoms with van der Waals surface area (Å²) >= 11 is 0. The summed E-state index contributed by atoms with van der Waals surface area (Å²) in [6.07, 6.45) is 2.68. The standard InChI is InChI=1S/C21H29NO5/c1-20(14-23)17-11-22(19(24)26-12-16-7-3-2-4-8-16)13-21(17,20)15-27-18-9-5-6-10-25-18/h2-4,7-8,17-18,23H,5-6,9-15H2,1H3. The largest absolute Gasteiger partial charge is 0.445 e. The van der Waals surface area contributed by atoms with E-state index in [9.17, 15) is 9.90 Å². The summed E-state index contributed by atoms with van der Waals surface area (Å²) in [5.74, 6) is 0.239. The summed E-state index contributed by atoms with van der Waals surface area (Å²) < 4.78 is 17.2. The number of carbonyl (C=O) groups excluding carboxylic acids is 1. The van der Waals surface area contributed by atoms with E-state index in [-0.39, 0.29) is 42.3 Å². The molecule has 148 valence electrons. The van der Waals surface area contributed by atoms with E-state index in [2.05, 4.69) is 6.92 Å². The minimum absolute atomic E-state index is 0.111. The van der Waals surface area contributed by atoms with E-state index in [1.54, 1.807) is 4.90 Å². The van der Waals surface area contributed by atoms with Crippen molar-refractivity contribution in [1.82, 2.24) is 4.90 Å². The lowest BCUT2D eigenvalue weighted by Gasteiger charge is -2.29. The van der Waals surface area contributed by atoms with Gasteiger partial charge in [0.1, 0.15) is 6.61 Å². The van der Waals surface area contributed by atoms with Crippen LogP contribution in [0.5, 0.6) is 0 Å². The molecule has 1 aromatic rings. The van der Waals surface area contributed by atoms with E-state index in [0.717, 1.165) is 31.4 Å². The van der Waals surface area contributed by atoms with Crippen LogP contribution in [0.2, 0.25) is 0 Å². The van der Waals surface area contributed by atoms with E-state index in [1.165, 1.54) is 0 Å². The van der Waals surface area contributed by atoms with Crippen molar-refractivity contribution in [1.29, 1.82) is 0 Å². The zero-order valence-corrected chi connectivity index (χ0v) is 15.9. The van der Waals surface area contributed by atoms with Crippen molar-refractivity contribution in [2.75, 3.05) is 32.9 Å². The molecule has 1 amide bonds. The number of carbonyl (C=O) groups is 1. The molecule has 1 aromatic carbocycles. The summed E-state index contributed by atoms with van der Waals surface area (Å²) in [6, 6.07) is 9.68. The highest BCUT2D eigenvalue weighted by molar-refractivity contribution is 5.69. The molecule has 1 saturated carbocycles. The molecule has 4 rings (SSSR count). The van der Waals surface area contributed by atoms with Crippen LogP contribution in [0, 0.1) is 16.7 Å². The van der Waals surface area contributed by atoms with Gasteiger partial charge < -0.3 is 24.2 Å². The average molecular weight is 375 g/mol. The predicted octanol–water partition coefficient (Wildman–Crippen LogP) is 2.80. The van der Waals surface area contributed by atoms with Gasteiger partial charge in [0.05, 0.1) is 6.61 Å². The highest BCUT2D eigenvalue weighted by atomic mass is 16.7. The van der Waals surface area contributed by atoms with Crippen molar-refractivity contribution in [2.45, 2.75) is 39.1 Å². The van der Waals surface area contributed by atoms with Gasteiger partial charge in [-0.15, -0.1) is 0 Å². The van der Waals surface area contributed by atoms with E-state index in [4.69, 9.17) is 14.2 Å². The van der Waals surface area contributed by atoms with Gasteiger partial charge in [0.2, 0.25) is 0 Å². The lowest BCUT2D eigenvalue weighted by molar-refractivity contribution is -0.174. The number of benzene rings is 1. The van der Waals surface area contributed by atoms with Crippen LogP contribution < -0.4 is 0 Å². The van der Waals surface area contributed by atoms with Crippen LogP contribution in [0.25, 0.3) is 0 Å². The Kier molecular flexibility index (Phi) is 5.14. The van der Waals surface area contributed by atoms with E-state index in [0.29, 0.717) is 19.7 Å². The Labute approximate surface area is 160 Å². The average Bonchev–Trinajstić information content (AvgIpc) is 3.02. The SMILES string of the molecule is CC1(CO)C2CN(C(=O)OCc3ccccc3)CC21COC1CCCCO1. The summed E-state index contributed by atoms with van der Waals surface area (Å²) in [7, 11) is 0. The molecule has 2 saturated heterocycles. The quantitative estimate of drug-likeness (QED) is 0.828. The Hall–Kier alpha value is -1.63. The van der Waals surface area contributed by atoms with Gasteiger partial charge in [-0.05, 0) is 30.7 Å². The predicted molar refractivity (Wildman–Crippen MR) is 98.9 cm³/mol. The molecular weight excluding hydrogens is 346 g/mol. The number of piperidine rings is 1. The van der Waals surface area contributed by atoms with Crippen molar-refractivity contribution in [3.63, 3.8) is 0 Å². The first kappa shape index (κ1) is 18.7. The maximum Gasteiger partial charge on any atom is 0.410 e.